The van der Waals surface area contributed by atoms with Crippen molar-refractivity contribution in [2.75, 3.05) is 6.61 Å². The van der Waals surface area contributed by atoms with E-state index in [0.29, 0.717) is 18.6 Å². The molecule has 1 heterocycles. The molecule has 0 spiro atoms. The van der Waals surface area contributed by atoms with Crippen LogP contribution >= 0.6 is 0 Å². The summed E-state index contributed by atoms with van der Waals surface area (Å²) in [6, 6.07) is 9.26. The topological polar surface area (TPSA) is 62.5 Å². The summed E-state index contributed by atoms with van der Waals surface area (Å²) in [5.74, 6) is 0.151. The summed E-state index contributed by atoms with van der Waals surface area (Å²) < 4.78 is 18.3. The lowest BCUT2D eigenvalue weighted by atomic mass is 9.97. The molecule has 0 radical (unpaired) electrons. The van der Waals surface area contributed by atoms with E-state index in [9.17, 15) is 14.3 Å². The molecule has 1 amide bonds. The minimum absolute atomic E-state index is 0.0674. The van der Waals surface area contributed by atoms with Gasteiger partial charge in [-0.1, -0.05) is 19.1 Å². The van der Waals surface area contributed by atoms with Crippen molar-refractivity contribution in [1.29, 1.82) is 0 Å². The molecule has 0 aliphatic carbocycles. The quantitative estimate of drug-likeness (QED) is 0.827. The molecule has 22 heavy (non-hydrogen) atoms. The normalized spacial score (nSPS) is 13.6. The van der Waals surface area contributed by atoms with Crippen molar-refractivity contribution in [3.63, 3.8) is 0 Å². The molecule has 0 saturated heterocycles. The van der Waals surface area contributed by atoms with Gasteiger partial charge >= 0.3 is 0 Å². The average Bonchev–Trinajstić information content (AvgIpc) is 2.98. The Morgan fingerprint density at radius 1 is 1.36 bits per heavy atom. The first-order chi connectivity index (χ1) is 10.6. The Morgan fingerprint density at radius 3 is 2.82 bits per heavy atom. The van der Waals surface area contributed by atoms with Crippen molar-refractivity contribution in [3.8, 4) is 0 Å². The standard InChI is InChI=1S/C17H20FNO3/c1-12(8-13-4-2-5-14(18)10-13)9-17(21)19-15(11-20)16-6-3-7-22-16/h2-7,10,12,15,20H,8-9,11H2,1H3,(H,19,21). The predicted octanol–water partition coefficient (Wildman–Crippen LogP) is 2.84. The number of benzene rings is 1. The van der Waals surface area contributed by atoms with E-state index in [1.54, 1.807) is 18.2 Å². The van der Waals surface area contributed by atoms with E-state index in [1.807, 2.05) is 13.0 Å². The fourth-order valence-electron chi connectivity index (χ4n) is 2.40. The molecule has 2 aromatic rings. The van der Waals surface area contributed by atoms with Gasteiger partial charge in [0.1, 0.15) is 17.6 Å². The lowest BCUT2D eigenvalue weighted by Crippen LogP contribution is -2.31. The zero-order valence-corrected chi connectivity index (χ0v) is 12.5. The van der Waals surface area contributed by atoms with Gasteiger partial charge in [-0.15, -0.1) is 0 Å². The summed E-state index contributed by atoms with van der Waals surface area (Å²) in [7, 11) is 0. The largest absolute Gasteiger partial charge is 0.467 e. The van der Waals surface area contributed by atoms with Gasteiger partial charge in [-0.3, -0.25) is 4.79 Å². The van der Waals surface area contributed by atoms with Gasteiger partial charge in [0.25, 0.3) is 0 Å². The highest BCUT2D eigenvalue weighted by Crippen LogP contribution is 2.16. The van der Waals surface area contributed by atoms with Gasteiger partial charge in [0.05, 0.1) is 12.9 Å². The van der Waals surface area contributed by atoms with Crippen molar-refractivity contribution < 1.29 is 18.7 Å². The second kappa shape index (κ2) is 7.75. The first-order valence-electron chi connectivity index (χ1n) is 7.26. The van der Waals surface area contributed by atoms with Gasteiger partial charge < -0.3 is 14.8 Å². The number of amides is 1. The SMILES string of the molecule is CC(CC(=O)NC(CO)c1ccco1)Cc1cccc(F)c1. The molecule has 0 saturated carbocycles. The third kappa shape index (κ3) is 4.70. The number of aliphatic hydroxyl groups excluding tert-OH is 1. The van der Waals surface area contributed by atoms with Crippen LogP contribution in [0.5, 0.6) is 0 Å². The summed E-state index contributed by atoms with van der Waals surface area (Å²) >= 11 is 0. The summed E-state index contributed by atoms with van der Waals surface area (Å²) in [5.41, 5.74) is 0.866. The number of hydrogen-bond donors (Lipinski definition) is 2. The second-order valence-corrected chi connectivity index (χ2v) is 5.46. The molecule has 0 aliphatic rings. The molecule has 4 nitrogen and oxygen atoms in total. The monoisotopic (exact) mass is 305 g/mol. The van der Waals surface area contributed by atoms with E-state index < -0.39 is 6.04 Å². The van der Waals surface area contributed by atoms with Crippen molar-refractivity contribution in [2.45, 2.75) is 25.8 Å². The summed E-state index contributed by atoms with van der Waals surface area (Å²) in [6.07, 6.45) is 2.42. The average molecular weight is 305 g/mol. The number of carbonyl (C=O) groups excluding carboxylic acids is 1. The van der Waals surface area contributed by atoms with E-state index in [1.165, 1.54) is 18.4 Å². The number of furan rings is 1. The summed E-state index contributed by atoms with van der Waals surface area (Å²) in [4.78, 5) is 12.0. The Bertz CT molecular complexity index is 598. The van der Waals surface area contributed by atoms with Crippen LogP contribution in [-0.2, 0) is 11.2 Å². The molecule has 2 unspecified atom stereocenters. The number of rotatable bonds is 7. The van der Waals surface area contributed by atoms with Crippen LogP contribution in [0.15, 0.2) is 47.1 Å². The summed E-state index contributed by atoms with van der Waals surface area (Å²) in [5, 5.41) is 12.1. The Kier molecular flexibility index (Phi) is 5.72. The molecule has 2 N–H and O–H groups in total. The molecule has 2 atom stereocenters. The molecule has 0 bridgehead atoms. The Balaban J connectivity index is 1.85. The molecule has 0 aliphatic heterocycles. The highest BCUT2D eigenvalue weighted by atomic mass is 19.1. The smallest absolute Gasteiger partial charge is 0.220 e. The maximum atomic E-state index is 13.1. The van der Waals surface area contributed by atoms with E-state index in [2.05, 4.69) is 5.32 Å². The van der Waals surface area contributed by atoms with Crippen LogP contribution in [0.1, 0.15) is 30.7 Å². The van der Waals surface area contributed by atoms with Crippen molar-refractivity contribution in [1.82, 2.24) is 5.32 Å². The minimum Gasteiger partial charge on any atom is -0.467 e. The highest BCUT2D eigenvalue weighted by Gasteiger charge is 2.18. The van der Waals surface area contributed by atoms with Crippen LogP contribution in [-0.4, -0.2) is 17.6 Å². The van der Waals surface area contributed by atoms with Crippen LogP contribution in [0.4, 0.5) is 4.39 Å². The lowest BCUT2D eigenvalue weighted by molar-refractivity contribution is -0.123. The molecule has 118 valence electrons. The van der Waals surface area contributed by atoms with Crippen molar-refractivity contribution >= 4 is 5.91 Å². The number of halogens is 1. The second-order valence-electron chi connectivity index (χ2n) is 5.46. The summed E-state index contributed by atoms with van der Waals surface area (Å²) in [6.45, 7) is 1.71. The van der Waals surface area contributed by atoms with Gasteiger partial charge in [0.2, 0.25) is 5.91 Å². The van der Waals surface area contributed by atoms with Crippen LogP contribution in [0.3, 0.4) is 0 Å². The van der Waals surface area contributed by atoms with Crippen LogP contribution in [0.25, 0.3) is 0 Å². The number of hydrogen-bond acceptors (Lipinski definition) is 3. The fraction of sp³-hybridized carbons (Fsp3) is 0.353. The maximum Gasteiger partial charge on any atom is 0.220 e. The molecular weight excluding hydrogens is 285 g/mol. The van der Waals surface area contributed by atoms with E-state index >= 15 is 0 Å². The van der Waals surface area contributed by atoms with Gasteiger partial charge in [0.15, 0.2) is 0 Å². The predicted molar refractivity (Wildman–Crippen MR) is 80.6 cm³/mol. The number of nitrogens with one attached hydrogen (secondary N) is 1. The fourth-order valence-corrected chi connectivity index (χ4v) is 2.40. The molecule has 5 heteroatoms. The Morgan fingerprint density at radius 2 is 2.18 bits per heavy atom. The number of carbonyl (C=O) groups is 1. The van der Waals surface area contributed by atoms with E-state index in [4.69, 9.17) is 4.42 Å². The maximum absolute atomic E-state index is 13.1. The lowest BCUT2D eigenvalue weighted by Gasteiger charge is -2.16. The van der Waals surface area contributed by atoms with Crippen LogP contribution in [0, 0.1) is 11.7 Å². The first kappa shape index (κ1) is 16.2. The minimum atomic E-state index is -0.538. The van der Waals surface area contributed by atoms with Gasteiger partial charge in [-0.25, -0.2) is 4.39 Å². The van der Waals surface area contributed by atoms with Gasteiger partial charge in [0, 0.05) is 6.42 Å². The van der Waals surface area contributed by atoms with E-state index in [0.717, 1.165) is 5.56 Å². The molecule has 1 aromatic carbocycles. The molecule has 2 rings (SSSR count). The van der Waals surface area contributed by atoms with Gasteiger partial charge in [-0.2, -0.15) is 0 Å². The van der Waals surface area contributed by atoms with Crippen LogP contribution in [0.2, 0.25) is 0 Å². The first-order valence-corrected chi connectivity index (χ1v) is 7.26. The van der Waals surface area contributed by atoms with Crippen molar-refractivity contribution in [3.05, 3.63) is 59.8 Å². The molecular formula is C17H20FNO3. The molecule has 1 aromatic heterocycles. The zero-order valence-electron chi connectivity index (χ0n) is 12.5. The molecule has 0 fully saturated rings. The Labute approximate surface area is 129 Å². The third-order valence-electron chi connectivity index (χ3n) is 3.41. The number of aliphatic hydroxyl groups is 1. The van der Waals surface area contributed by atoms with Crippen molar-refractivity contribution in [2.24, 2.45) is 5.92 Å². The van der Waals surface area contributed by atoms with Crippen LogP contribution < -0.4 is 5.32 Å². The third-order valence-corrected chi connectivity index (χ3v) is 3.41. The zero-order chi connectivity index (χ0) is 15.9. The van der Waals surface area contributed by atoms with Gasteiger partial charge in [-0.05, 0) is 42.2 Å². The van der Waals surface area contributed by atoms with E-state index in [-0.39, 0.29) is 24.2 Å². The highest BCUT2D eigenvalue weighted by molar-refractivity contribution is 5.76. The Hall–Kier alpha value is -2.14.